The average molecular weight is 431 g/mol. The highest BCUT2D eigenvalue weighted by molar-refractivity contribution is 6.21. The summed E-state index contributed by atoms with van der Waals surface area (Å²) in [7, 11) is 0. The van der Waals surface area contributed by atoms with E-state index in [2.05, 4.69) is 10.6 Å². The number of aromatic hydroxyl groups is 2. The number of carbonyl (C=O) groups excluding carboxylic acids is 2. The molecule has 164 valence electrons. The number of benzene rings is 3. The molecule has 0 heterocycles. The Morgan fingerprint density at radius 2 is 1.19 bits per heavy atom. The van der Waals surface area contributed by atoms with E-state index in [0.717, 1.165) is 11.1 Å². The second-order valence-electron chi connectivity index (χ2n) is 7.29. The zero-order valence-corrected chi connectivity index (χ0v) is 17.6. The van der Waals surface area contributed by atoms with E-state index in [9.17, 15) is 19.8 Å². The van der Waals surface area contributed by atoms with E-state index >= 15 is 0 Å². The molecule has 3 aromatic carbocycles. The molecule has 32 heavy (non-hydrogen) atoms. The quantitative estimate of drug-likeness (QED) is 0.181. The third-order valence-corrected chi connectivity index (χ3v) is 4.88. The Kier molecular flexibility index (Phi) is 8.03. The highest BCUT2D eigenvalue weighted by Gasteiger charge is 2.18. The SMILES string of the molecule is O=C(NCCc1ccccc1)C(=Cc1ccc(O)c(O)c1)C(=O)NCCc1ccccc1. The number of hydrogen-bond acceptors (Lipinski definition) is 4. The van der Waals surface area contributed by atoms with E-state index in [4.69, 9.17) is 0 Å². The molecule has 0 fully saturated rings. The minimum atomic E-state index is -0.509. The van der Waals surface area contributed by atoms with Crippen LogP contribution in [0.5, 0.6) is 11.5 Å². The van der Waals surface area contributed by atoms with E-state index in [1.807, 2.05) is 60.7 Å². The lowest BCUT2D eigenvalue weighted by Gasteiger charge is -2.11. The third kappa shape index (κ3) is 6.74. The Morgan fingerprint density at radius 3 is 1.66 bits per heavy atom. The molecule has 3 aromatic rings. The van der Waals surface area contributed by atoms with Crippen molar-refractivity contribution in [2.24, 2.45) is 0 Å². The lowest BCUT2D eigenvalue weighted by Crippen LogP contribution is -2.36. The van der Waals surface area contributed by atoms with Crippen LogP contribution in [0.4, 0.5) is 0 Å². The summed E-state index contributed by atoms with van der Waals surface area (Å²) in [6, 6.07) is 23.6. The van der Waals surface area contributed by atoms with Crippen molar-refractivity contribution >= 4 is 17.9 Å². The molecular formula is C26H26N2O4. The Labute approximate surface area is 187 Å². The van der Waals surface area contributed by atoms with Gasteiger partial charge in [0.1, 0.15) is 5.57 Å². The minimum absolute atomic E-state index is 0.0730. The monoisotopic (exact) mass is 430 g/mol. The number of rotatable bonds is 9. The van der Waals surface area contributed by atoms with Gasteiger partial charge in [-0.1, -0.05) is 66.7 Å². The van der Waals surface area contributed by atoms with Gasteiger partial charge in [0.15, 0.2) is 11.5 Å². The minimum Gasteiger partial charge on any atom is -0.504 e. The van der Waals surface area contributed by atoms with Crippen molar-refractivity contribution in [3.05, 3.63) is 101 Å². The van der Waals surface area contributed by atoms with Crippen molar-refractivity contribution in [1.29, 1.82) is 0 Å². The average Bonchev–Trinajstić information content (AvgIpc) is 2.81. The van der Waals surface area contributed by atoms with Gasteiger partial charge < -0.3 is 20.8 Å². The summed E-state index contributed by atoms with van der Waals surface area (Å²) < 4.78 is 0. The molecule has 0 atom stereocenters. The summed E-state index contributed by atoms with van der Waals surface area (Å²) in [4.78, 5) is 25.6. The lowest BCUT2D eigenvalue weighted by molar-refractivity contribution is -0.123. The summed E-state index contributed by atoms with van der Waals surface area (Å²) in [6.45, 7) is 0.747. The number of amides is 2. The van der Waals surface area contributed by atoms with Gasteiger partial charge in [-0.15, -0.1) is 0 Å². The molecule has 0 aromatic heterocycles. The first-order valence-electron chi connectivity index (χ1n) is 10.4. The molecule has 0 radical (unpaired) electrons. The predicted molar refractivity (Wildman–Crippen MR) is 124 cm³/mol. The van der Waals surface area contributed by atoms with Crippen molar-refractivity contribution in [3.63, 3.8) is 0 Å². The van der Waals surface area contributed by atoms with Crippen molar-refractivity contribution < 1.29 is 19.8 Å². The summed E-state index contributed by atoms with van der Waals surface area (Å²) in [5.41, 5.74) is 2.51. The highest BCUT2D eigenvalue weighted by Crippen LogP contribution is 2.26. The number of carbonyl (C=O) groups is 2. The van der Waals surface area contributed by atoms with Crippen LogP contribution in [-0.2, 0) is 22.4 Å². The molecular weight excluding hydrogens is 404 g/mol. The van der Waals surface area contributed by atoms with E-state index in [0.29, 0.717) is 31.5 Å². The first kappa shape index (κ1) is 22.6. The van der Waals surface area contributed by atoms with Gasteiger partial charge in [-0.05, 0) is 47.7 Å². The predicted octanol–water partition coefficient (Wildman–Crippen LogP) is 3.20. The van der Waals surface area contributed by atoms with Crippen molar-refractivity contribution in [2.45, 2.75) is 12.8 Å². The molecule has 0 unspecified atom stereocenters. The molecule has 0 saturated heterocycles. The molecule has 6 nitrogen and oxygen atoms in total. The maximum atomic E-state index is 12.8. The molecule has 2 amide bonds. The first-order chi connectivity index (χ1) is 15.5. The van der Waals surface area contributed by atoms with Crippen LogP contribution < -0.4 is 10.6 Å². The van der Waals surface area contributed by atoms with Gasteiger partial charge in [0.25, 0.3) is 11.8 Å². The van der Waals surface area contributed by atoms with Crippen molar-refractivity contribution in [3.8, 4) is 11.5 Å². The van der Waals surface area contributed by atoms with Crippen LogP contribution >= 0.6 is 0 Å². The normalized spacial score (nSPS) is 10.2. The zero-order valence-electron chi connectivity index (χ0n) is 17.6. The van der Waals surface area contributed by atoms with Gasteiger partial charge in [-0.2, -0.15) is 0 Å². The molecule has 0 aliphatic carbocycles. The largest absolute Gasteiger partial charge is 0.504 e. The molecule has 3 rings (SSSR count). The van der Waals surface area contributed by atoms with Gasteiger partial charge in [-0.25, -0.2) is 0 Å². The maximum absolute atomic E-state index is 12.8. The molecule has 0 aliphatic rings. The van der Waals surface area contributed by atoms with Crippen molar-refractivity contribution in [2.75, 3.05) is 13.1 Å². The molecule has 0 bridgehead atoms. The fourth-order valence-electron chi connectivity index (χ4n) is 3.15. The fraction of sp³-hybridized carbons (Fsp3) is 0.154. The van der Waals surface area contributed by atoms with E-state index in [1.54, 1.807) is 0 Å². The Morgan fingerprint density at radius 1 is 0.688 bits per heavy atom. The molecule has 0 aliphatic heterocycles. The third-order valence-electron chi connectivity index (χ3n) is 4.88. The summed E-state index contributed by atoms with van der Waals surface area (Å²) >= 11 is 0. The van der Waals surface area contributed by atoms with Crippen LogP contribution in [0.25, 0.3) is 6.08 Å². The van der Waals surface area contributed by atoms with Gasteiger partial charge >= 0.3 is 0 Å². The topological polar surface area (TPSA) is 98.7 Å². The van der Waals surface area contributed by atoms with Crippen LogP contribution in [0.2, 0.25) is 0 Å². The Bertz CT molecular complexity index is 1020. The van der Waals surface area contributed by atoms with Crippen LogP contribution in [0.3, 0.4) is 0 Å². The molecule has 6 heteroatoms. The number of hydrogen-bond donors (Lipinski definition) is 4. The van der Waals surface area contributed by atoms with E-state index < -0.39 is 11.8 Å². The standard InChI is InChI=1S/C26H26N2O4/c29-23-12-11-21(18-24(23)30)17-22(25(31)27-15-13-19-7-3-1-4-8-19)26(32)28-16-14-20-9-5-2-6-10-20/h1-12,17-18,29-30H,13-16H2,(H,27,31)(H,28,32). The van der Waals surface area contributed by atoms with Crippen LogP contribution in [-0.4, -0.2) is 35.1 Å². The Balaban J connectivity index is 1.69. The summed E-state index contributed by atoms with van der Waals surface area (Å²) in [5, 5.41) is 24.8. The smallest absolute Gasteiger partial charge is 0.256 e. The number of phenols is 2. The van der Waals surface area contributed by atoms with Crippen LogP contribution in [0, 0.1) is 0 Å². The second-order valence-corrected chi connectivity index (χ2v) is 7.29. The number of nitrogens with one attached hydrogen (secondary N) is 2. The van der Waals surface area contributed by atoms with E-state index in [-0.39, 0.29) is 17.1 Å². The first-order valence-corrected chi connectivity index (χ1v) is 10.4. The van der Waals surface area contributed by atoms with Crippen molar-refractivity contribution in [1.82, 2.24) is 10.6 Å². The van der Waals surface area contributed by atoms with Gasteiger partial charge in [0.2, 0.25) is 0 Å². The van der Waals surface area contributed by atoms with Gasteiger partial charge in [0.05, 0.1) is 0 Å². The maximum Gasteiger partial charge on any atom is 0.256 e. The van der Waals surface area contributed by atoms with Gasteiger partial charge in [-0.3, -0.25) is 9.59 Å². The summed E-state index contributed by atoms with van der Waals surface area (Å²) in [6.07, 6.45) is 2.67. The highest BCUT2D eigenvalue weighted by atomic mass is 16.3. The molecule has 0 saturated carbocycles. The summed E-state index contributed by atoms with van der Waals surface area (Å²) in [5.74, 6) is -1.62. The van der Waals surface area contributed by atoms with Crippen LogP contribution in [0.15, 0.2) is 84.4 Å². The second kappa shape index (κ2) is 11.4. The number of phenolic OH excluding ortho intramolecular Hbond substituents is 2. The van der Waals surface area contributed by atoms with Gasteiger partial charge in [0, 0.05) is 13.1 Å². The Hall–Kier alpha value is -4.06. The zero-order chi connectivity index (χ0) is 22.8. The lowest BCUT2D eigenvalue weighted by atomic mass is 10.1. The fourth-order valence-corrected chi connectivity index (χ4v) is 3.15. The molecule has 4 N–H and O–H groups in total. The van der Waals surface area contributed by atoms with E-state index in [1.165, 1.54) is 24.3 Å². The van der Waals surface area contributed by atoms with Crippen LogP contribution in [0.1, 0.15) is 16.7 Å². The molecule has 0 spiro atoms.